The van der Waals surface area contributed by atoms with Crippen LogP contribution in [0.25, 0.3) is 0 Å². The van der Waals surface area contributed by atoms with Gasteiger partial charge in [-0.15, -0.1) is 0 Å². The van der Waals surface area contributed by atoms with Gasteiger partial charge in [0.1, 0.15) is 12.4 Å². The van der Waals surface area contributed by atoms with E-state index < -0.39 is 0 Å². The Hall–Kier alpha value is -1.07. The summed E-state index contributed by atoms with van der Waals surface area (Å²) >= 11 is 2.39. The smallest absolute Gasteiger partial charge is 0.119 e. The van der Waals surface area contributed by atoms with Gasteiger partial charge in [-0.05, 0) is 88.7 Å². The molecular formula is C21H25IO2. The van der Waals surface area contributed by atoms with Gasteiger partial charge >= 0.3 is 0 Å². The van der Waals surface area contributed by atoms with Crippen molar-refractivity contribution in [1.29, 1.82) is 0 Å². The zero-order chi connectivity index (χ0) is 16.9. The maximum atomic E-state index is 5.74. The number of hydrogen-bond acceptors (Lipinski definition) is 2. The Morgan fingerprint density at radius 2 is 1.79 bits per heavy atom. The third-order valence-corrected chi connectivity index (χ3v) is 4.95. The number of hydrogen-bond donors (Lipinski definition) is 0. The molecule has 0 radical (unpaired) electrons. The predicted molar refractivity (Wildman–Crippen MR) is 107 cm³/mol. The van der Waals surface area contributed by atoms with Crippen molar-refractivity contribution in [1.82, 2.24) is 0 Å². The van der Waals surface area contributed by atoms with Crippen molar-refractivity contribution in [2.45, 2.75) is 45.1 Å². The molecule has 128 valence electrons. The fourth-order valence-electron chi connectivity index (χ4n) is 2.82. The van der Waals surface area contributed by atoms with E-state index in [1.54, 1.807) is 0 Å². The van der Waals surface area contributed by atoms with E-state index in [1.807, 2.05) is 0 Å². The molecule has 0 N–H and O–H groups in total. The maximum Gasteiger partial charge on any atom is 0.119 e. The highest BCUT2D eigenvalue weighted by Crippen LogP contribution is 2.25. The highest BCUT2D eigenvalue weighted by atomic mass is 127. The summed E-state index contributed by atoms with van der Waals surface area (Å²) in [6.45, 7) is 5.83. The normalized spacial score (nSPS) is 14.2. The molecule has 2 nitrogen and oxygen atoms in total. The van der Waals surface area contributed by atoms with Crippen molar-refractivity contribution in [2.75, 3.05) is 13.2 Å². The summed E-state index contributed by atoms with van der Waals surface area (Å²) in [5, 5.41) is 0. The van der Waals surface area contributed by atoms with Gasteiger partial charge in [0, 0.05) is 3.57 Å². The van der Waals surface area contributed by atoms with Crippen molar-refractivity contribution in [3.05, 3.63) is 62.7 Å². The number of benzene rings is 2. The van der Waals surface area contributed by atoms with Crippen molar-refractivity contribution in [2.24, 2.45) is 0 Å². The third kappa shape index (κ3) is 5.21. The molecule has 0 bridgehead atoms. The van der Waals surface area contributed by atoms with Crippen LogP contribution in [-0.2, 0) is 11.2 Å². The second-order valence-corrected chi connectivity index (χ2v) is 7.98. The van der Waals surface area contributed by atoms with E-state index in [0.29, 0.717) is 25.2 Å². The molecule has 1 saturated carbocycles. The summed E-state index contributed by atoms with van der Waals surface area (Å²) in [6.07, 6.45) is 3.90. The maximum absolute atomic E-state index is 5.74. The zero-order valence-corrected chi connectivity index (χ0v) is 16.6. The first-order valence-corrected chi connectivity index (χ1v) is 9.81. The molecule has 0 saturated heterocycles. The molecule has 0 heterocycles. The van der Waals surface area contributed by atoms with Crippen LogP contribution in [0.1, 0.15) is 49.3 Å². The van der Waals surface area contributed by atoms with Gasteiger partial charge in [-0.2, -0.15) is 0 Å². The fourth-order valence-corrected chi connectivity index (χ4v) is 3.38. The molecule has 2 aromatic carbocycles. The molecular weight excluding hydrogens is 411 g/mol. The molecule has 1 fully saturated rings. The van der Waals surface area contributed by atoms with Crippen LogP contribution in [0.4, 0.5) is 0 Å². The largest absolute Gasteiger partial charge is 0.491 e. The Morgan fingerprint density at radius 1 is 1.04 bits per heavy atom. The van der Waals surface area contributed by atoms with Crippen LogP contribution >= 0.6 is 22.6 Å². The van der Waals surface area contributed by atoms with E-state index in [2.05, 4.69) is 78.9 Å². The molecule has 1 aliphatic rings. The van der Waals surface area contributed by atoms with Crippen molar-refractivity contribution in [3.8, 4) is 5.75 Å². The third-order valence-electron chi connectivity index (χ3n) is 4.27. The molecule has 0 aromatic heterocycles. The van der Waals surface area contributed by atoms with Gasteiger partial charge in [-0.3, -0.25) is 0 Å². The van der Waals surface area contributed by atoms with E-state index in [9.17, 15) is 0 Å². The lowest BCUT2D eigenvalue weighted by Gasteiger charge is -2.14. The van der Waals surface area contributed by atoms with Gasteiger partial charge in [0.2, 0.25) is 0 Å². The first-order chi connectivity index (χ1) is 11.6. The summed E-state index contributed by atoms with van der Waals surface area (Å²) in [7, 11) is 0. The van der Waals surface area contributed by atoms with Gasteiger partial charge in [0.05, 0.1) is 12.7 Å². The summed E-state index contributed by atoms with van der Waals surface area (Å²) in [5.41, 5.74) is 4.18. The zero-order valence-electron chi connectivity index (χ0n) is 14.4. The van der Waals surface area contributed by atoms with Crippen LogP contribution in [-0.4, -0.2) is 19.3 Å². The first kappa shape index (κ1) is 17.7. The molecule has 0 aliphatic heterocycles. The molecule has 24 heavy (non-hydrogen) atoms. The van der Waals surface area contributed by atoms with Crippen LogP contribution in [0.15, 0.2) is 42.5 Å². The van der Waals surface area contributed by atoms with E-state index in [4.69, 9.17) is 9.47 Å². The van der Waals surface area contributed by atoms with Crippen LogP contribution in [0.5, 0.6) is 5.75 Å². The summed E-state index contributed by atoms with van der Waals surface area (Å²) < 4.78 is 12.6. The topological polar surface area (TPSA) is 18.5 Å². The predicted octanol–water partition coefficient (Wildman–Crippen LogP) is 5.56. The van der Waals surface area contributed by atoms with Gasteiger partial charge < -0.3 is 9.47 Å². The van der Waals surface area contributed by atoms with Crippen LogP contribution in [0.2, 0.25) is 0 Å². The summed E-state index contributed by atoms with van der Waals surface area (Å²) in [5.74, 6) is 1.47. The van der Waals surface area contributed by atoms with Gasteiger partial charge in [0.15, 0.2) is 0 Å². The summed E-state index contributed by atoms with van der Waals surface area (Å²) in [4.78, 5) is 0. The Kier molecular flexibility index (Phi) is 6.17. The minimum absolute atomic E-state index is 0.500. The second-order valence-electron chi connectivity index (χ2n) is 6.74. The highest BCUT2D eigenvalue weighted by molar-refractivity contribution is 14.1. The highest BCUT2D eigenvalue weighted by Gasteiger charge is 2.21. The SMILES string of the molecule is CC(C)c1ccc(I)cc1Cc1ccc(OCCOC2CC2)cc1. The Balaban J connectivity index is 1.58. The molecule has 3 heteroatoms. The Bertz CT molecular complexity index is 660. The Labute approximate surface area is 158 Å². The lowest BCUT2D eigenvalue weighted by Crippen LogP contribution is -2.07. The average molecular weight is 436 g/mol. The molecule has 1 aliphatic carbocycles. The monoisotopic (exact) mass is 436 g/mol. The van der Waals surface area contributed by atoms with E-state index >= 15 is 0 Å². The summed E-state index contributed by atoms with van der Waals surface area (Å²) in [6, 6.07) is 15.2. The van der Waals surface area contributed by atoms with Crippen LogP contribution in [0.3, 0.4) is 0 Å². The molecule has 0 amide bonds. The van der Waals surface area contributed by atoms with Crippen LogP contribution < -0.4 is 4.74 Å². The number of halogens is 1. The second kappa shape index (κ2) is 8.34. The quantitative estimate of drug-likeness (QED) is 0.398. The van der Waals surface area contributed by atoms with Gasteiger partial charge in [-0.25, -0.2) is 0 Å². The Morgan fingerprint density at radius 3 is 2.46 bits per heavy atom. The van der Waals surface area contributed by atoms with E-state index in [-0.39, 0.29) is 0 Å². The molecule has 0 spiro atoms. The molecule has 3 rings (SSSR count). The number of rotatable bonds is 8. The van der Waals surface area contributed by atoms with Crippen LogP contribution in [0, 0.1) is 3.57 Å². The van der Waals surface area contributed by atoms with Crippen molar-refractivity contribution < 1.29 is 9.47 Å². The molecule has 2 aromatic rings. The average Bonchev–Trinajstić information content (AvgIpc) is 3.37. The molecule has 0 unspecified atom stereocenters. The van der Waals surface area contributed by atoms with Gasteiger partial charge in [0.25, 0.3) is 0 Å². The minimum atomic E-state index is 0.500. The molecule has 0 atom stereocenters. The number of ether oxygens (including phenoxy) is 2. The van der Waals surface area contributed by atoms with Gasteiger partial charge in [-0.1, -0.05) is 32.0 Å². The minimum Gasteiger partial charge on any atom is -0.491 e. The standard InChI is InChI=1S/C21H25IO2/c1-15(2)21-10-5-18(22)14-17(21)13-16-3-6-19(7-4-16)23-11-12-24-20-8-9-20/h3-7,10,14-15,20H,8-9,11-13H2,1-2H3. The fraction of sp³-hybridized carbons (Fsp3) is 0.429. The van der Waals surface area contributed by atoms with Crippen molar-refractivity contribution in [3.63, 3.8) is 0 Å². The van der Waals surface area contributed by atoms with E-state index in [1.165, 1.54) is 33.1 Å². The lowest BCUT2D eigenvalue weighted by molar-refractivity contribution is 0.0881. The van der Waals surface area contributed by atoms with Crippen molar-refractivity contribution >= 4 is 22.6 Å². The van der Waals surface area contributed by atoms with E-state index in [0.717, 1.165) is 12.2 Å². The first-order valence-electron chi connectivity index (χ1n) is 8.73. The lowest BCUT2D eigenvalue weighted by atomic mass is 9.93.